The predicted molar refractivity (Wildman–Crippen MR) is 118 cm³/mol. The number of sulfonamides is 1. The van der Waals surface area contributed by atoms with Gasteiger partial charge in [0.25, 0.3) is 10.0 Å². The summed E-state index contributed by atoms with van der Waals surface area (Å²) in [7, 11) is -1.40. The number of halogens is 1. The molecular formula is C22H21FN4O4S. The molecule has 166 valence electrons. The first-order valence-corrected chi connectivity index (χ1v) is 11.1. The molecule has 2 aromatic heterocycles. The van der Waals surface area contributed by atoms with Gasteiger partial charge < -0.3 is 9.47 Å². The number of aryl methyl sites for hydroxylation is 2. The molecule has 0 spiro atoms. The van der Waals surface area contributed by atoms with Gasteiger partial charge in [-0.05, 0) is 49.7 Å². The summed E-state index contributed by atoms with van der Waals surface area (Å²) in [5, 5.41) is 4.37. The van der Waals surface area contributed by atoms with E-state index in [9.17, 15) is 12.8 Å². The molecular weight excluding hydrogens is 435 g/mol. The van der Waals surface area contributed by atoms with Gasteiger partial charge in [-0.2, -0.15) is 5.10 Å². The molecule has 0 aliphatic rings. The van der Waals surface area contributed by atoms with Gasteiger partial charge in [0.05, 0.1) is 26.1 Å². The number of hydrogen-bond donors (Lipinski definition) is 1. The van der Waals surface area contributed by atoms with Crippen molar-refractivity contribution < 1.29 is 22.3 Å². The number of nitrogens with one attached hydrogen (secondary N) is 1. The molecule has 2 aromatic carbocycles. The summed E-state index contributed by atoms with van der Waals surface area (Å²) in [6, 6.07) is 10.5. The molecule has 4 rings (SSSR count). The fourth-order valence-electron chi connectivity index (χ4n) is 3.47. The van der Waals surface area contributed by atoms with Crippen molar-refractivity contribution in [3.8, 4) is 22.6 Å². The van der Waals surface area contributed by atoms with Gasteiger partial charge in [0.1, 0.15) is 10.6 Å². The van der Waals surface area contributed by atoms with Gasteiger partial charge in [0, 0.05) is 23.0 Å². The number of anilines is 1. The van der Waals surface area contributed by atoms with Crippen LogP contribution in [-0.4, -0.2) is 37.2 Å². The maximum absolute atomic E-state index is 14.0. The van der Waals surface area contributed by atoms with E-state index in [1.807, 2.05) is 19.9 Å². The van der Waals surface area contributed by atoms with Crippen molar-refractivity contribution in [1.82, 2.24) is 14.6 Å². The highest BCUT2D eigenvalue weighted by Crippen LogP contribution is 2.33. The minimum absolute atomic E-state index is 0.0127. The summed E-state index contributed by atoms with van der Waals surface area (Å²) >= 11 is 0. The van der Waals surface area contributed by atoms with Crippen molar-refractivity contribution in [3.63, 3.8) is 0 Å². The Morgan fingerprint density at radius 3 is 2.41 bits per heavy atom. The van der Waals surface area contributed by atoms with Gasteiger partial charge in [0.15, 0.2) is 17.2 Å². The zero-order valence-corrected chi connectivity index (χ0v) is 18.7. The molecule has 0 fully saturated rings. The Morgan fingerprint density at radius 2 is 1.72 bits per heavy atom. The molecule has 0 saturated carbocycles. The number of methoxy groups -OCH3 is 2. The Bertz CT molecular complexity index is 1430. The summed E-state index contributed by atoms with van der Waals surface area (Å²) < 4.78 is 54.6. The van der Waals surface area contributed by atoms with Gasteiger partial charge in [-0.3, -0.25) is 4.72 Å². The summed E-state index contributed by atoms with van der Waals surface area (Å²) in [6.07, 6.45) is 1.64. The molecule has 0 aliphatic heterocycles. The van der Waals surface area contributed by atoms with Gasteiger partial charge in [0.2, 0.25) is 0 Å². The summed E-state index contributed by atoms with van der Waals surface area (Å²) in [5.74, 6) is -0.526. The molecule has 0 bridgehead atoms. The van der Waals surface area contributed by atoms with Crippen molar-refractivity contribution in [3.05, 3.63) is 65.9 Å². The third-order valence-electron chi connectivity index (χ3n) is 4.95. The molecule has 8 nitrogen and oxygen atoms in total. The number of fused-ring (bicyclic) bond motifs is 1. The Balaban J connectivity index is 1.80. The topological polar surface area (TPSA) is 94.8 Å². The third kappa shape index (κ3) is 3.84. The van der Waals surface area contributed by atoms with Crippen LogP contribution in [0.15, 0.2) is 53.6 Å². The molecule has 0 unspecified atom stereocenters. The molecule has 0 saturated heterocycles. The van der Waals surface area contributed by atoms with E-state index in [-0.39, 0.29) is 22.1 Å². The van der Waals surface area contributed by atoms with E-state index in [0.29, 0.717) is 16.8 Å². The zero-order chi connectivity index (χ0) is 23.0. The van der Waals surface area contributed by atoms with Gasteiger partial charge in [-0.15, -0.1) is 0 Å². The van der Waals surface area contributed by atoms with Crippen molar-refractivity contribution >= 4 is 21.4 Å². The van der Waals surface area contributed by atoms with Crippen molar-refractivity contribution in [2.24, 2.45) is 0 Å². The van der Waals surface area contributed by atoms with E-state index in [0.717, 1.165) is 17.5 Å². The SMILES string of the molecule is COc1ccc(NS(=O)(=O)c2cc(-c3cnn4c(C)cc(C)nc34)ccc2OC)cc1F. The number of nitrogens with zero attached hydrogens (tertiary/aromatic N) is 3. The average molecular weight is 456 g/mol. The predicted octanol–water partition coefficient (Wildman–Crippen LogP) is 3.97. The third-order valence-corrected chi connectivity index (χ3v) is 6.35. The Kier molecular flexibility index (Phi) is 5.47. The quantitative estimate of drug-likeness (QED) is 0.472. The lowest BCUT2D eigenvalue weighted by Crippen LogP contribution is -2.14. The first kappa shape index (κ1) is 21.6. The van der Waals surface area contributed by atoms with Gasteiger partial charge in [-0.25, -0.2) is 22.3 Å². The second-order valence-corrected chi connectivity index (χ2v) is 8.80. The van der Waals surface area contributed by atoms with E-state index < -0.39 is 15.8 Å². The van der Waals surface area contributed by atoms with Crippen LogP contribution in [0.1, 0.15) is 11.4 Å². The molecule has 0 atom stereocenters. The Morgan fingerprint density at radius 1 is 1.00 bits per heavy atom. The lowest BCUT2D eigenvalue weighted by molar-refractivity contribution is 0.386. The van der Waals surface area contributed by atoms with Crippen molar-refractivity contribution in [2.75, 3.05) is 18.9 Å². The van der Waals surface area contributed by atoms with Crippen LogP contribution in [0.2, 0.25) is 0 Å². The first-order valence-electron chi connectivity index (χ1n) is 9.60. The molecule has 4 aromatic rings. The second-order valence-electron chi connectivity index (χ2n) is 7.15. The van der Waals surface area contributed by atoms with Crippen LogP contribution in [0.4, 0.5) is 10.1 Å². The molecule has 0 aliphatic carbocycles. The summed E-state index contributed by atoms with van der Waals surface area (Å²) in [5.41, 5.74) is 3.66. The minimum Gasteiger partial charge on any atom is -0.495 e. The monoisotopic (exact) mass is 456 g/mol. The second kappa shape index (κ2) is 8.12. The highest BCUT2D eigenvalue weighted by Gasteiger charge is 2.22. The number of benzene rings is 2. The van der Waals surface area contributed by atoms with Crippen LogP contribution in [-0.2, 0) is 10.0 Å². The lowest BCUT2D eigenvalue weighted by Gasteiger charge is -2.13. The average Bonchev–Trinajstić information content (AvgIpc) is 3.17. The zero-order valence-electron chi connectivity index (χ0n) is 17.9. The fourth-order valence-corrected chi connectivity index (χ4v) is 4.71. The molecule has 10 heteroatoms. The highest BCUT2D eigenvalue weighted by atomic mass is 32.2. The number of hydrogen-bond acceptors (Lipinski definition) is 6. The van der Waals surface area contributed by atoms with Crippen LogP contribution in [0.25, 0.3) is 16.8 Å². The molecule has 1 N–H and O–H groups in total. The molecule has 32 heavy (non-hydrogen) atoms. The van der Waals surface area contributed by atoms with E-state index in [1.54, 1.807) is 22.8 Å². The Labute approximate surface area is 184 Å². The standard InChI is InChI=1S/C22H21FN4O4S/c1-13-9-14(2)27-22(25-13)17(12-24-27)15-5-7-20(31-4)21(10-15)32(28,29)26-16-6-8-19(30-3)18(23)11-16/h5-12,26H,1-4H3. The van der Waals surface area contributed by atoms with Crippen molar-refractivity contribution in [2.45, 2.75) is 18.7 Å². The smallest absolute Gasteiger partial charge is 0.265 e. The van der Waals surface area contributed by atoms with E-state index in [2.05, 4.69) is 14.8 Å². The fraction of sp³-hybridized carbons (Fsp3) is 0.182. The first-order chi connectivity index (χ1) is 15.2. The van der Waals surface area contributed by atoms with Crippen LogP contribution in [0.5, 0.6) is 11.5 Å². The minimum atomic E-state index is -4.11. The normalized spacial score (nSPS) is 11.5. The van der Waals surface area contributed by atoms with E-state index in [4.69, 9.17) is 9.47 Å². The largest absolute Gasteiger partial charge is 0.495 e. The lowest BCUT2D eigenvalue weighted by atomic mass is 10.1. The van der Waals surface area contributed by atoms with Gasteiger partial charge in [-0.1, -0.05) is 6.07 Å². The molecule has 0 amide bonds. The molecule has 0 radical (unpaired) electrons. The van der Waals surface area contributed by atoms with E-state index in [1.165, 1.54) is 32.4 Å². The number of aromatic nitrogens is 3. The summed E-state index contributed by atoms with van der Waals surface area (Å²) in [4.78, 5) is 4.45. The van der Waals surface area contributed by atoms with Crippen molar-refractivity contribution in [1.29, 1.82) is 0 Å². The van der Waals surface area contributed by atoms with E-state index >= 15 is 0 Å². The molecule has 2 heterocycles. The number of ether oxygens (including phenoxy) is 2. The van der Waals surface area contributed by atoms with Crippen LogP contribution < -0.4 is 14.2 Å². The number of rotatable bonds is 6. The maximum Gasteiger partial charge on any atom is 0.265 e. The van der Waals surface area contributed by atoms with Crippen LogP contribution in [0.3, 0.4) is 0 Å². The Hall–Kier alpha value is -3.66. The van der Waals surface area contributed by atoms with Gasteiger partial charge >= 0.3 is 0 Å². The summed E-state index contributed by atoms with van der Waals surface area (Å²) in [6.45, 7) is 3.80. The van der Waals surface area contributed by atoms with Crippen LogP contribution in [0, 0.1) is 19.7 Å². The maximum atomic E-state index is 14.0. The highest BCUT2D eigenvalue weighted by molar-refractivity contribution is 7.92. The van der Waals surface area contributed by atoms with Crippen LogP contribution >= 0.6 is 0 Å².